The van der Waals surface area contributed by atoms with E-state index in [-0.39, 0.29) is 0 Å². The predicted molar refractivity (Wildman–Crippen MR) is 131 cm³/mol. The Hall–Kier alpha value is -2.90. The lowest BCUT2D eigenvalue weighted by Gasteiger charge is -2.22. The molecule has 4 heteroatoms. The van der Waals surface area contributed by atoms with Crippen molar-refractivity contribution in [2.75, 3.05) is 13.1 Å². The molecule has 4 nitrogen and oxygen atoms in total. The van der Waals surface area contributed by atoms with Crippen LogP contribution in [0.5, 0.6) is 0 Å². The van der Waals surface area contributed by atoms with Crippen molar-refractivity contribution >= 4 is 5.70 Å². The van der Waals surface area contributed by atoms with E-state index in [1.165, 1.54) is 18.4 Å². The van der Waals surface area contributed by atoms with Crippen molar-refractivity contribution in [1.82, 2.24) is 10.3 Å². The SMILES string of the molecule is C=C(NCC(CCCC)C(=C)CCCN)c1ccc(-c2ccccc2C#N)nc1CC. The first-order valence-electron chi connectivity index (χ1n) is 11.4. The zero-order chi connectivity index (χ0) is 22.6. The summed E-state index contributed by atoms with van der Waals surface area (Å²) in [5, 5.41) is 13.0. The van der Waals surface area contributed by atoms with E-state index >= 15 is 0 Å². The van der Waals surface area contributed by atoms with Crippen LogP contribution in [0.3, 0.4) is 0 Å². The number of nitrogens with one attached hydrogen (secondary N) is 1. The van der Waals surface area contributed by atoms with E-state index in [2.05, 4.69) is 44.5 Å². The second kappa shape index (κ2) is 12.7. The van der Waals surface area contributed by atoms with Crippen LogP contribution >= 0.6 is 0 Å². The number of aromatic nitrogens is 1. The van der Waals surface area contributed by atoms with Gasteiger partial charge in [0.2, 0.25) is 0 Å². The maximum atomic E-state index is 9.42. The molecule has 1 aromatic heterocycles. The number of unbranched alkanes of at least 4 members (excludes halogenated alkanes) is 1. The van der Waals surface area contributed by atoms with Gasteiger partial charge in [-0.25, -0.2) is 0 Å². The molecular weight excluding hydrogens is 380 g/mol. The van der Waals surface area contributed by atoms with Crippen LogP contribution in [-0.4, -0.2) is 18.1 Å². The number of nitrogens with two attached hydrogens (primary N) is 1. The van der Waals surface area contributed by atoms with Crippen molar-refractivity contribution < 1.29 is 0 Å². The monoisotopic (exact) mass is 416 g/mol. The number of aryl methyl sites for hydroxylation is 1. The Labute approximate surface area is 187 Å². The van der Waals surface area contributed by atoms with Crippen molar-refractivity contribution in [2.24, 2.45) is 11.7 Å². The van der Waals surface area contributed by atoms with Gasteiger partial charge in [-0.05, 0) is 56.3 Å². The van der Waals surface area contributed by atoms with E-state index in [4.69, 9.17) is 10.7 Å². The van der Waals surface area contributed by atoms with Gasteiger partial charge in [0.15, 0.2) is 0 Å². The zero-order valence-corrected chi connectivity index (χ0v) is 19.1. The van der Waals surface area contributed by atoms with E-state index in [0.717, 1.165) is 60.4 Å². The van der Waals surface area contributed by atoms with Crippen molar-refractivity contribution in [3.63, 3.8) is 0 Å². The number of pyridine rings is 1. The molecule has 3 N–H and O–H groups in total. The Bertz CT molecular complexity index is 923. The summed E-state index contributed by atoms with van der Waals surface area (Å²) in [5.41, 5.74) is 12.2. The standard InChI is InChI=1S/C27H36N4/c1-5-7-12-23(20(3)11-10-17-28)19-30-21(4)24-15-16-27(31-26(24)6-2)25-14-9-8-13-22(25)18-29/h8-9,13-16,23,30H,3-7,10-12,17,19,28H2,1-2H3. The lowest BCUT2D eigenvalue weighted by Crippen LogP contribution is -2.23. The van der Waals surface area contributed by atoms with Gasteiger partial charge in [-0.3, -0.25) is 4.98 Å². The van der Waals surface area contributed by atoms with Gasteiger partial charge in [0.1, 0.15) is 0 Å². The van der Waals surface area contributed by atoms with Crippen molar-refractivity contribution in [2.45, 2.75) is 52.4 Å². The number of benzene rings is 1. The average Bonchev–Trinajstić information content (AvgIpc) is 2.81. The van der Waals surface area contributed by atoms with E-state index in [1.54, 1.807) is 0 Å². The molecule has 0 bridgehead atoms. The first-order chi connectivity index (χ1) is 15.0. The van der Waals surface area contributed by atoms with E-state index in [9.17, 15) is 5.26 Å². The highest BCUT2D eigenvalue weighted by Gasteiger charge is 2.15. The smallest absolute Gasteiger partial charge is 0.0998 e. The molecule has 1 atom stereocenters. The molecule has 0 spiro atoms. The van der Waals surface area contributed by atoms with Gasteiger partial charge < -0.3 is 11.1 Å². The number of hydrogen-bond acceptors (Lipinski definition) is 4. The molecule has 2 rings (SSSR count). The number of hydrogen-bond donors (Lipinski definition) is 2. The molecular formula is C27H36N4. The zero-order valence-electron chi connectivity index (χ0n) is 19.1. The minimum Gasteiger partial charge on any atom is -0.384 e. The molecule has 2 aromatic rings. The third-order valence-corrected chi connectivity index (χ3v) is 5.71. The summed E-state index contributed by atoms with van der Waals surface area (Å²) in [6.07, 6.45) is 6.25. The first-order valence-corrected chi connectivity index (χ1v) is 11.4. The lowest BCUT2D eigenvalue weighted by atomic mass is 9.91. The van der Waals surface area contributed by atoms with Crippen LogP contribution in [0.4, 0.5) is 0 Å². The summed E-state index contributed by atoms with van der Waals surface area (Å²) in [4.78, 5) is 4.86. The fraction of sp³-hybridized carbons (Fsp3) is 0.407. The molecule has 0 aliphatic rings. The molecule has 0 saturated carbocycles. The normalized spacial score (nSPS) is 11.5. The molecule has 0 aliphatic carbocycles. The van der Waals surface area contributed by atoms with Gasteiger partial charge in [-0.1, -0.05) is 63.6 Å². The third-order valence-electron chi connectivity index (χ3n) is 5.71. The van der Waals surface area contributed by atoms with Crippen LogP contribution in [0.1, 0.15) is 62.8 Å². The van der Waals surface area contributed by atoms with Crippen LogP contribution < -0.4 is 11.1 Å². The molecule has 31 heavy (non-hydrogen) atoms. The summed E-state index contributed by atoms with van der Waals surface area (Å²) in [6.45, 7) is 14.5. The quantitative estimate of drug-likeness (QED) is 0.402. The number of nitrogens with zero attached hydrogens (tertiary/aromatic N) is 2. The average molecular weight is 417 g/mol. The van der Waals surface area contributed by atoms with Gasteiger partial charge in [0.05, 0.1) is 23.0 Å². The molecule has 0 radical (unpaired) electrons. The van der Waals surface area contributed by atoms with Crippen LogP contribution in [0.2, 0.25) is 0 Å². The Balaban J connectivity index is 2.16. The summed E-state index contributed by atoms with van der Waals surface area (Å²) in [5.74, 6) is 0.420. The maximum Gasteiger partial charge on any atom is 0.0998 e. The van der Waals surface area contributed by atoms with Crippen LogP contribution in [0.15, 0.2) is 55.1 Å². The minimum absolute atomic E-state index is 0.420. The Morgan fingerprint density at radius 1 is 1.16 bits per heavy atom. The van der Waals surface area contributed by atoms with Gasteiger partial charge in [0.25, 0.3) is 0 Å². The minimum atomic E-state index is 0.420. The Morgan fingerprint density at radius 3 is 2.61 bits per heavy atom. The molecule has 1 unspecified atom stereocenters. The second-order valence-corrected chi connectivity index (χ2v) is 7.95. The molecule has 0 aliphatic heterocycles. The van der Waals surface area contributed by atoms with Crippen LogP contribution in [0, 0.1) is 17.2 Å². The second-order valence-electron chi connectivity index (χ2n) is 7.95. The van der Waals surface area contributed by atoms with Crippen molar-refractivity contribution in [1.29, 1.82) is 5.26 Å². The number of rotatable bonds is 13. The fourth-order valence-corrected chi connectivity index (χ4v) is 3.78. The molecule has 0 fully saturated rings. The van der Waals surface area contributed by atoms with Gasteiger partial charge in [-0.2, -0.15) is 5.26 Å². The van der Waals surface area contributed by atoms with Crippen LogP contribution in [-0.2, 0) is 6.42 Å². The van der Waals surface area contributed by atoms with Gasteiger partial charge in [0, 0.05) is 23.4 Å². The first kappa shape index (κ1) is 24.4. The summed E-state index contributed by atoms with van der Waals surface area (Å²) in [7, 11) is 0. The van der Waals surface area contributed by atoms with E-state index in [1.807, 2.05) is 30.3 Å². The van der Waals surface area contributed by atoms with Gasteiger partial charge in [-0.15, -0.1) is 0 Å². The fourth-order valence-electron chi connectivity index (χ4n) is 3.78. The van der Waals surface area contributed by atoms with Crippen molar-refractivity contribution in [3.8, 4) is 17.3 Å². The predicted octanol–water partition coefficient (Wildman–Crippen LogP) is 5.84. The molecule has 164 valence electrons. The Kier molecular flexibility index (Phi) is 10.00. The molecule has 0 saturated heterocycles. The van der Waals surface area contributed by atoms with Crippen LogP contribution in [0.25, 0.3) is 17.0 Å². The van der Waals surface area contributed by atoms with E-state index < -0.39 is 0 Å². The Morgan fingerprint density at radius 2 is 1.94 bits per heavy atom. The van der Waals surface area contributed by atoms with E-state index in [0.29, 0.717) is 18.0 Å². The highest BCUT2D eigenvalue weighted by atomic mass is 14.9. The summed E-state index contributed by atoms with van der Waals surface area (Å²) < 4.78 is 0. The van der Waals surface area contributed by atoms with Gasteiger partial charge >= 0.3 is 0 Å². The van der Waals surface area contributed by atoms with Crippen molar-refractivity contribution in [3.05, 3.63) is 72.0 Å². The maximum absolute atomic E-state index is 9.42. The molecule has 1 heterocycles. The number of nitriles is 1. The molecule has 1 aromatic carbocycles. The highest BCUT2D eigenvalue weighted by Crippen LogP contribution is 2.26. The summed E-state index contributed by atoms with van der Waals surface area (Å²) in [6, 6.07) is 13.9. The third kappa shape index (κ3) is 6.80. The lowest BCUT2D eigenvalue weighted by molar-refractivity contribution is 0.500. The molecule has 0 amide bonds. The summed E-state index contributed by atoms with van der Waals surface area (Å²) >= 11 is 0. The largest absolute Gasteiger partial charge is 0.384 e. The topological polar surface area (TPSA) is 74.7 Å². The highest BCUT2D eigenvalue weighted by molar-refractivity contribution is 5.71.